The molecule has 0 spiro atoms. The number of halogens is 3. The number of hydrogen-bond donors (Lipinski definition) is 1. The molecule has 7 heteroatoms. The van der Waals surface area contributed by atoms with E-state index in [1.165, 1.54) is 24.3 Å². The third-order valence-corrected chi connectivity index (χ3v) is 5.18. The smallest absolute Gasteiger partial charge is 0.449 e. The molecule has 0 radical (unpaired) electrons. The van der Waals surface area contributed by atoms with Crippen molar-refractivity contribution >= 4 is 6.09 Å². The Morgan fingerprint density at radius 1 is 0.909 bits per heavy atom. The summed E-state index contributed by atoms with van der Waals surface area (Å²) in [5.41, 5.74) is 5.16. The van der Waals surface area contributed by atoms with Crippen LogP contribution in [0.4, 0.5) is 18.0 Å². The molecule has 1 aliphatic carbocycles. The zero-order valence-corrected chi connectivity index (χ0v) is 17.5. The molecule has 0 heterocycles. The molecule has 168 valence electrons. The van der Waals surface area contributed by atoms with E-state index in [1.807, 2.05) is 24.3 Å². The van der Waals surface area contributed by atoms with Crippen LogP contribution in [0.1, 0.15) is 29.0 Å². The standard InChI is InChI=1S/C26H20F3NO3/c27-26(28,29)33-19-14-12-18(13-15-19)7-5-6-16-30-25(31)32-17-24-22-10-3-1-8-20(22)21-9-2-4-11-23(21)24/h1-4,8-15,24H,6,16-17H2,(H,30,31). The SMILES string of the molecule is O=C(NCCC#Cc1ccc(OC(F)(F)F)cc1)OCC1c2ccccc2-c2ccccc21. The van der Waals surface area contributed by atoms with Gasteiger partial charge in [0.25, 0.3) is 0 Å². The van der Waals surface area contributed by atoms with Gasteiger partial charge in [-0.25, -0.2) is 4.79 Å². The number of fused-ring (bicyclic) bond motifs is 3. The minimum absolute atomic E-state index is 0.00719. The van der Waals surface area contributed by atoms with E-state index in [4.69, 9.17) is 4.74 Å². The van der Waals surface area contributed by atoms with Gasteiger partial charge < -0.3 is 14.8 Å². The van der Waals surface area contributed by atoms with E-state index in [1.54, 1.807) is 0 Å². The van der Waals surface area contributed by atoms with Crippen LogP contribution in [0.3, 0.4) is 0 Å². The van der Waals surface area contributed by atoms with Crippen LogP contribution in [0.15, 0.2) is 72.8 Å². The monoisotopic (exact) mass is 451 g/mol. The van der Waals surface area contributed by atoms with E-state index in [-0.39, 0.29) is 18.3 Å². The maximum Gasteiger partial charge on any atom is 0.573 e. The highest BCUT2D eigenvalue weighted by Gasteiger charge is 2.31. The molecule has 33 heavy (non-hydrogen) atoms. The Kier molecular flexibility index (Phi) is 6.55. The summed E-state index contributed by atoms with van der Waals surface area (Å²) >= 11 is 0. The zero-order valence-electron chi connectivity index (χ0n) is 17.5. The average Bonchev–Trinajstić information content (AvgIpc) is 3.11. The second kappa shape index (κ2) is 9.70. The molecule has 0 bridgehead atoms. The van der Waals surface area contributed by atoms with Crippen molar-refractivity contribution in [1.82, 2.24) is 5.32 Å². The number of nitrogens with one attached hydrogen (secondary N) is 1. The Balaban J connectivity index is 1.24. The summed E-state index contributed by atoms with van der Waals surface area (Å²) < 4.78 is 45.8. The van der Waals surface area contributed by atoms with E-state index < -0.39 is 12.5 Å². The minimum atomic E-state index is -4.72. The number of carbonyl (C=O) groups is 1. The van der Waals surface area contributed by atoms with Gasteiger partial charge in [0.15, 0.2) is 0 Å². The fourth-order valence-corrected chi connectivity index (χ4v) is 3.78. The summed E-state index contributed by atoms with van der Waals surface area (Å²) in [5, 5.41) is 2.67. The summed E-state index contributed by atoms with van der Waals surface area (Å²) in [6.07, 6.45) is -4.88. The Hall–Kier alpha value is -3.92. The lowest BCUT2D eigenvalue weighted by molar-refractivity contribution is -0.274. The molecule has 4 rings (SSSR count). The lowest BCUT2D eigenvalue weighted by atomic mass is 9.98. The van der Waals surface area contributed by atoms with Crippen LogP contribution in [0.25, 0.3) is 11.1 Å². The molecule has 0 unspecified atom stereocenters. The zero-order chi connectivity index (χ0) is 23.3. The number of carbonyl (C=O) groups excluding carboxylic acids is 1. The minimum Gasteiger partial charge on any atom is -0.449 e. The van der Waals surface area contributed by atoms with Gasteiger partial charge in [-0.15, -0.1) is 13.2 Å². The first kappa shape index (κ1) is 22.3. The first-order valence-electron chi connectivity index (χ1n) is 10.3. The van der Waals surface area contributed by atoms with Gasteiger partial charge in [-0.05, 0) is 46.5 Å². The molecule has 1 N–H and O–H groups in total. The van der Waals surface area contributed by atoms with E-state index in [9.17, 15) is 18.0 Å². The first-order valence-corrected chi connectivity index (χ1v) is 10.3. The van der Waals surface area contributed by atoms with E-state index in [0.717, 1.165) is 22.3 Å². The third-order valence-electron chi connectivity index (χ3n) is 5.18. The van der Waals surface area contributed by atoms with Gasteiger partial charge in [0.2, 0.25) is 0 Å². The van der Waals surface area contributed by atoms with Crippen molar-refractivity contribution in [3.05, 3.63) is 89.5 Å². The molecule has 0 saturated heterocycles. The van der Waals surface area contributed by atoms with Crippen molar-refractivity contribution in [3.63, 3.8) is 0 Å². The summed E-state index contributed by atoms with van der Waals surface area (Å²) in [7, 11) is 0. The van der Waals surface area contributed by atoms with Crippen molar-refractivity contribution < 1.29 is 27.4 Å². The fourth-order valence-electron chi connectivity index (χ4n) is 3.78. The molecule has 0 aliphatic heterocycles. The first-order chi connectivity index (χ1) is 15.9. The summed E-state index contributed by atoms with van der Waals surface area (Å²) in [5.74, 6) is 5.38. The molecule has 4 nitrogen and oxygen atoms in total. The second-order valence-corrected chi connectivity index (χ2v) is 7.38. The quantitative estimate of drug-likeness (QED) is 0.390. The average molecular weight is 451 g/mol. The van der Waals surface area contributed by atoms with E-state index >= 15 is 0 Å². The predicted octanol–water partition coefficient (Wildman–Crippen LogP) is 5.87. The number of amides is 1. The Bertz CT molecular complexity index is 1150. The molecule has 3 aromatic rings. The third kappa shape index (κ3) is 5.66. The van der Waals surface area contributed by atoms with Crippen molar-refractivity contribution in [2.24, 2.45) is 0 Å². The molecular formula is C26H20F3NO3. The number of alkyl carbamates (subject to hydrolysis) is 1. The van der Waals surface area contributed by atoms with Crippen molar-refractivity contribution in [3.8, 4) is 28.7 Å². The van der Waals surface area contributed by atoms with Crippen LogP contribution in [0.5, 0.6) is 5.75 Å². The lowest BCUT2D eigenvalue weighted by Crippen LogP contribution is -2.26. The molecule has 0 saturated carbocycles. The highest BCUT2D eigenvalue weighted by atomic mass is 19.4. The molecule has 0 atom stereocenters. The van der Waals surface area contributed by atoms with Gasteiger partial charge in [-0.3, -0.25) is 0 Å². The highest BCUT2D eigenvalue weighted by molar-refractivity contribution is 5.79. The summed E-state index contributed by atoms with van der Waals surface area (Å²) in [6, 6.07) is 21.5. The molecule has 0 aromatic heterocycles. The molecule has 0 fully saturated rings. The van der Waals surface area contributed by atoms with Crippen molar-refractivity contribution in [2.45, 2.75) is 18.7 Å². The Morgan fingerprint density at radius 2 is 1.52 bits per heavy atom. The van der Waals surface area contributed by atoms with E-state index in [0.29, 0.717) is 18.5 Å². The number of benzene rings is 3. The number of rotatable bonds is 5. The van der Waals surface area contributed by atoms with Gasteiger partial charge in [0.05, 0.1) is 0 Å². The van der Waals surface area contributed by atoms with Crippen LogP contribution in [0, 0.1) is 11.8 Å². The van der Waals surface area contributed by atoms with Crippen molar-refractivity contribution in [2.75, 3.05) is 13.2 Å². The maximum atomic E-state index is 12.2. The largest absolute Gasteiger partial charge is 0.573 e. The van der Waals surface area contributed by atoms with Gasteiger partial charge in [0, 0.05) is 24.4 Å². The van der Waals surface area contributed by atoms with Crippen LogP contribution in [0.2, 0.25) is 0 Å². The fraction of sp³-hybridized carbons (Fsp3) is 0.192. The van der Waals surface area contributed by atoms with E-state index in [2.05, 4.69) is 46.2 Å². The van der Waals surface area contributed by atoms with Gasteiger partial charge in [-0.2, -0.15) is 0 Å². The van der Waals surface area contributed by atoms with Gasteiger partial charge >= 0.3 is 12.5 Å². The lowest BCUT2D eigenvalue weighted by Gasteiger charge is -2.14. The topological polar surface area (TPSA) is 47.6 Å². The Morgan fingerprint density at radius 3 is 2.12 bits per heavy atom. The summed E-state index contributed by atoms with van der Waals surface area (Å²) in [6.45, 7) is 0.525. The number of ether oxygens (including phenoxy) is 2. The maximum absolute atomic E-state index is 12.2. The molecule has 1 amide bonds. The van der Waals surface area contributed by atoms with Gasteiger partial charge in [-0.1, -0.05) is 60.4 Å². The van der Waals surface area contributed by atoms with Crippen LogP contribution < -0.4 is 10.1 Å². The predicted molar refractivity (Wildman–Crippen MR) is 118 cm³/mol. The van der Waals surface area contributed by atoms with Crippen LogP contribution in [-0.4, -0.2) is 25.6 Å². The number of alkyl halides is 3. The van der Waals surface area contributed by atoms with Crippen LogP contribution in [-0.2, 0) is 4.74 Å². The van der Waals surface area contributed by atoms with Crippen molar-refractivity contribution in [1.29, 1.82) is 0 Å². The normalized spacial score (nSPS) is 12.2. The summed E-state index contributed by atoms with van der Waals surface area (Å²) in [4.78, 5) is 12.1. The molecule has 1 aliphatic rings. The Labute approximate surface area is 189 Å². The number of hydrogen-bond acceptors (Lipinski definition) is 3. The second-order valence-electron chi connectivity index (χ2n) is 7.38. The highest BCUT2D eigenvalue weighted by Crippen LogP contribution is 2.44. The van der Waals surface area contributed by atoms with Gasteiger partial charge in [0.1, 0.15) is 12.4 Å². The van der Waals surface area contributed by atoms with Crippen LogP contribution >= 0.6 is 0 Å². The molecule has 3 aromatic carbocycles. The molecular weight excluding hydrogens is 431 g/mol.